The lowest BCUT2D eigenvalue weighted by molar-refractivity contribution is 0.963. The minimum absolute atomic E-state index is 0.517. The van der Waals surface area contributed by atoms with E-state index in [0.717, 1.165) is 18.8 Å². The van der Waals surface area contributed by atoms with E-state index >= 15 is 0 Å². The Balaban J connectivity index is 2.51. The fourth-order valence-electron chi connectivity index (χ4n) is 0.579. The molecule has 3 nitrogen and oxygen atoms in total. The molecule has 0 bridgehead atoms. The van der Waals surface area contributed by atoms with Crippen molar-refractivity contribution in [3.05, 3.63) is 0 Å². The number of rotatable bonds is 1. The molecular weight excluding hydrogens is 102 g/mol. The number of hydrogen-bond donors (Lipinski definition) is 1. The Morgan fingerprint density at radius 3 is 2.88 bits per heavy atom. The molecule has 0 aliphatic carbocycles. The number of aliphatic imine (C=N–C) groups is 2. The van der Waals surface area contributed by atoms with Gasteiger partial charge in [-0.3, -0.25) is 9.98 Å². The Morgan fingerprint density at radius 2 is 2.50 bits per heavy atom. The molecule has 0 saturated carbocycles. The quantitative estimate of drug-likeness (QED) is 0.486. The zero-order valence-corrected chi connectivity index (χ0v) is 4.67. The van der Waals surface area contributed by atoms with Gasteiger partial charge >= 0.3 is 0 Å². The summed E-state index contributed by atoms with van der Waals surface area (Å²) in [5, 5.41) is 0. The molecule has 44 valence electrons. The van der Waals surface area contributed by atoms with E-state index in [4.69, 9.17) is 5.73 Å². The second-order valence-electron chi connectivity index (χ2n) is 1.61. The summed E-state index contributed by atoms with van der Waals surface area (Å²) in [4.78, 5) is 8.08. The van der Waals surface area contributed by atoms with Crippen LogP contribution in [-0.4, -0.2) is 31.6 Å². The van der Waals surface area contributed by atoms with Crippen LogP contribution in [0.2, 0.25) is 0 Å². The van der Waals surface area contributed by atoms with E-state index in [1.54, 1.807) is 6.21 Å². The molecular formula is C5H9N3. The predicted molar refractivity (Wildman–Crippen MR) is 34.7 cm³/mol. The maximum Gasteiger partial charge on any atom is 0.0662 e. The van der Waals surface area contributed by atoms with E-state index in [1.807, 2.05) is 0 Å². The first-order valence-corrected chi connectivity index (χ1v) is 2.66. The smallest absolute Gasteiger partial charge is 0.0662 e. The van der Waals surface area contributed by atoms with Crippen molar-refractivity contribution in [2.45, 2.75) is 0 Å². The minimum Gasteiger partial charge on any atom is -0.325 e. The van der Waals surface area contributed by atoms with Crippen LogP contribution in [0.4, 0.5) is 0 Å². The fourth-order valence-corrected chi connectivity index (χ4v) is 0.579. The molecule has 3 heteroatoms. The normalized spacial score (nSPS) is 18.4. The SMILES string of the molecule is NCC1=NCCN=C1. The predicted octanol–water partition coefficient (Wildman–Crippen LogP) is -0.530. The zero-order chi connectivity index (χ0) is 5.82. The van der Waals surface area contributed by atoms with Gasteiger partial charge in [-0.25, -0.2) is 0 Å². The summed E-state index contributed by atoms with van der Waals surface area (Å²) in [5.41, 5.74) is 6.19. The molecule has 0 spiro atoms. The van der Waals surface area contributed by atoms with Crippen molar-refractivity contribution in [1.82, 2.24) is 0 Å². The maximum absolute atomic E-state index is 5.28. The topological polar surface area (TPSA) is 50.7 Å². The average molecular weight is 111 g/mol. The molecule has 0 aromatic carbocycles. The van der Waals surface area contributed by atoms with Crippen LogP contribution >= 0.6 is 0 Å². The summed E-state index contributed by atoms with van der Waals surface area (Å²) >= 11 is 0. The molecule has 1 aliphatic heterocycles. The average Bonchev–Trinajstić information content (AvgIpc) is 1.90. The van der Waals surface area contributed by atoms with Crippen LogP contribution in [0.1, 0.15) is 0 Å². The highest BCUT2D eigenvalue weighted by molar-refractivity contribution is 6.31. The molecule has 0 unspecified atom stereocenters. The van der Waals surface area contributed by atoms with Crippen molar-refractivity contribution >= 4 is 11.9 Å². The molecule has 0 fully saturated rings. The Kier molecular flexibility index (Phi) is 1.75. The Hall–Kier alpha value is -0.700. The first-order chi connectivity index (χ1) is 3.93. The lowest BCUT2D eigenvalue weighted by Gasteiger charge is -2.00. The molecule has 0 radical (unpaired) electrons. The van der Waals surface area contributed by atoms with Crippen molar-refractivity contribution in [3.63, 3.8) is 0 Å². The number of hydrogen-bond acceptors (Lipinski definition) is 3. The van der Waals surface area contributed by atoms with E-state index in [2.05, 4.69) is 9.98 Å². The Bertz CT molecular complexity index is 126. The van der Waals surface area contributed by atoms with Gasteiger partial charge in [0, 0.05) is 12.8 Å². The highest BCUT2D eigenvalue weighted by Gasteiger charge is 1.93. The Labute approximate surface area is 48.3 Å². The van der Waals surface area contributed by atoms with Crippen molar-refractivity contribution in [3.8, 4) is 0 Å². The summed E-state index contributed by atoms with van der Waals surface area (Å²) in [6, 6.07) is 0. The molecule has 2 N–H and O–H groups in total. The largest absolute Gasteiger partial charge is 0.325 e. The summed E-state index contributed by atoms with van der Waals surface area (Å²) in [6.45, 7) is 2.15. The van der Waals surface area contributed by atoms with E-state index in [0.29, 0.717) is 6.54 Å². The van der Waals surface area contributed by atoms with Crippen molar-refractivity contribution in [2.75, 3.05) is 19.6 Å². The lowest BCUT2D eigenvalue weighted by Crippen LogP contribution is -2.18. The fraction of sp³-hybridized carbons (Fsp3) is 0.600. The van der Waals surface area contributed by atoms with Crippen LogP contribution in [0.25, 0.3) is 0 Å². The van der Waals surface area contributed by atoms with Crippen LogP contribution in [0.3, 0.4) is 0 Å². The van der Waals surface area contributed by atoms with Crippen molar-refractivity contribution in [1.29, 1.82) is 0 Å². The molecule has 1 heterocycles. The van der Waals surface area contributed by atoms with Crippen LogP contribution in [-0.2, 0) is 0 Å². The van der Waals surface area contributed by atoms with Crippen LogP contribution in [0.15, 0.2) is 9.98 Å². The molecule has 0 aromatic rings. The van der Waals surface area contributed by atoms with Gasteiger partial charge in [0.15, 0.2) is 0 Å². The zero-order valence-electron chi connectivity index (χ0n) is 4.67. The second-order valence-corrected chi connectivity index (χ2v) is 1.61. The first kappa shape index (κ1) is 5.44. The number of nitrogens with two attached hydrogens (primary N) is 1. The highest BCUT2D eigenvalue weighted by atomic mass is 14.9. The van der Waals surface area contributed by atoms with Crippen LogP contribution in [0.5, 0.6) is 0 Å². The van der Waals surface area contributed by atoms with Crippen LogP contribution in [0, 0.1) is 0 Å². The summed E-state index contributed by atoms with van der Waals surface area (Å²) in [7, 11) is 0. The standard InChI is InChI=1S/C5H9N3/c6-3-5-4-7-1-2-8-5/h4H,1-3,6H2. The van der Waals surface area contributed by atoms with Crippen LogP contribution < -0.4 is 5.73 Å². The first-order valence-electron chi connectivity index (χ1n) is 2.66. The highest BCUT2D eigenvalue weighted by Crippen LogP contribution is 1.82. The molecule has 0 aromatic heterocycles. The molecule has 0 atom stereocenters. The third-order valence-electron chi connectivity index (χ3n) is 0.993. The van der Waals surface area contributed by atoms with Gasteiger partial charge in [0.25, 0.3) is 0 Å². The summed E-state index contributed by atoms with van der Waals surface area (Å²) in [5.74, 6) is 0. The van der Waals surface area contributed by atoms with Gasteiger partial charge in [-0.15, -0.1) is 0 Å². The minimum atomic E-state index is 0.517. The van der Waals surface area contributed by atoms with E-state index in [1.165, 1.54) is 0 Å². The third kappa shape index (κ3) is 1.13. The monoisotopic (exact) mass is 111 g/mol. The third-order valence-corrected chi connectivity index (χ3v) is 0.993. The van der Waals surface area contributed by atoms with Gasteiger partial charge in [-0.05, 0) is 0 Å². The second kappa shape index (κ2) is 2.57. The lowest BCUT2D eigenvalue weighted by atomic mass is 10.4. The van der Waals surface area contributed by atoms with Gasteiger partial charge < -0.3 is 5.73 Å². The summed E-state index contributed by atoms with van der Waals surface area (Å²) in [6.07, 6.45) is 1.74. The number of nitrogens with zero attached hydrogens (tertiary/aromatic N) is 2. The van der Waals surface area contributed by atoms with E-state index in [9.17, 15) is 0 Å². The summed E-state index contributed by atoms with van der Waals surface area (Å²) < 4.78 is 0. The van der Waals surface area contributed by atoms with E-state index in [-0.39, 0.29) is 0 Å². The molecule has 0 amide bonds. The van der Waals surface area contributed by atoms with Crippen molar-refractivity contribution < 1.29 is 0 Å². The molecule has 1 rings (SSSR count). The Morgan fingerprint density at radius 1 is 1.62 bits per heavy atom. The van der Waals surface area contributed by atoms with Gasteiger partial charge in [0.2, 0.25) is 0 Å². The van der Waals surface area contributed by atoms with Gasteiger partial charge in [0.05, 0.1) is 18.8 Å². The maximum atomic E-state index is 5.28. The van der Waals surface area contributed by atoms with Crippen molar-refractivity contribution in [2.24, 2.45) is 15.7 Å². The molecule has 0 saturated heterocycles. The van der Waals surface area contributed by atoms with E-state index < -0.39 is 0 Å². The molecule has 1 aliphatic rings. The molecule has 8 heavy (non-hydrogen) atoms. The van der Waals surface area contributed by atoms with Gasteiger partial charge in [-0.1, -0.05) is 0 Å². The van der Waals surface area contributed by atoms with Gasteiger partial charge in [0.1, 0.15) is 0 Å². The van der Waals surface area contributed by atoms with Gasteiger partial charge in [-0.2, -0.15) is 0 Å².